The summed E-state index contributed by atoms with van der Waals surface area (Å²) in [6, 6.07) is 3.82. The third-order valence-electron chi connectivity index (χ3n) is 3.94. The van der Waals surface area contributed by atoms with E-state index >= 15 is 0 Å². The Labute approximate surface area is 114 Å². The van der Waals surface area contributed by atoms with Gasteiger partial charge in [0.25, 0.3) is 0 Å². The molecule has 0 heterocycles. The van der Waals surface area contributed by atoms with Crippen LogP contribution in [-0.2, 0) is 0 Å². The molecular formula is C14H21ClN2O. The van der Waals surface area contributed by atoms with E-state index in [1.807, 2.05) is 19.1 Å². The number of aryl methyl sites for hydroxylation is 1. The van der Waals surface area contributed by atoms with Gasteiger partial charge in [-0.15, -0.1) is 0 Å². The zero-order valence-corrected chi connectivity index (χ0v) is 11.8. The van der Waals surface area contributed by atoms with Crippen molar-refractivity contribution in [2.75, 3.05) is 25.5 Å². The molecule has 1 fully saturated rings. The summed E-state index contributed by atoms with van der Waals surface area (Å²) in [5.41, 5.74) is 8.14. The second-order valence-electron chi connectivity index (χ2n) is 5.21. The van der Waals surface area contributed by atoms with Crippen molar-refractivity contribution in [3.05, 3.63) is 22.7 Å². The maximum absolute atomic E-state index is 6.09. The molecule has 4 heteroatoms. The Kier molecular flexibility index (Phi) is 4.03. The molecule has 0 bridgehead atoms. The van der Waals surface area contributed by atoms with Crippen LogP contribution in [0, 0.1) is 12.3 Å². The van der Waals surface area contributed by atoms with Crippen LogP contribution < -0.4 is 15.8 Å². The fraction of sp³-hybridized carbons (Fsp3) is 0.571. The molecule has 18 heavy (non-hydrogen) atoms. The third kappa shape index (κ3) is 2.57. The van der Waals surface area contributed by atoms with E-state index in [9.17, 15) is 0 Å². The molecule has 100 valence electrons. The van der Waals surface area contributed by atoms with Crippen molar-refractivity contribution < 1.29 is 4.74 Å². The minimum absolute atomic E-state index is 0.265. The van der Waals surface area contributed by atoms with Gasteiger partial charge >= 0.3 is 0 Å². The smallest absolute Gasteiger partial charge is 0.144 e. The molecule has 0 aliphatic heterocycles. The predicted octanol–water partition coefficient (Wildman–Crippen LogP) is 3.20. The van der Waals surface area contributed by atoms with Crippen LogP contribution >= 0.6 is 11.6 Å². The first-order chi connectivity index (χ1) is 8.60. The molecule has 0 amide bonds. The first-order valence-electron chi connectivity index (χ1n) is 6.38. The van der Waals surface area contributed by atoms with Crippen LogP contribution in [0.4, 0.5) is 5.69 Å². The Balaban J connectivity index is 2.13. The lowest BCUT2D eigenvalue weighted by atomic mass is 9.69. The van der Waals surface area contributed by atoms with E-state index in [2.05, 4.69) is 5.32 Å². The van der Waals surface area contributed by atoms with Gasteiger partial charge in [0.1, 0.15) is 5.75 Å². The van der Waals surface area contributed by atoms with Gasteiger partial charge < -0.3 is 15.8 Å². The Morgan fingerprint density at radius 2 is 2.17 bits per heavy atom. The van der Waals surface area contributed by atoms with Gasteiger partial charge in [-0.25, -0.2) is 0 Å². The molecule has 0 unspecified atom stereocenters. The zero-order valence-electron chi connectivity index (χ0n) is 11.1. The standard InChI is InChI=1S/C14H21ClN2O/c1-10-6-11(15)7-12(13(10)18-2)17-9-14(8-16)4-3-5-14/h6-7,17H,3-5,8-9,16H2,1-2H3. The fourth-order valence-corrected chi connectivity index (χ4v) is 2.82. The van der Waals surface area contributed by atoms with Gasteiger partial charge in [0.05, 0.1) is 12.8 Å². The van der Waals surface area contributed by atoms with Gasteiger partial charge in [-0.2, -0.15) is 0 Å². The van der Waals surface area contributed by atoms with Crippen molar-refractivity contribution in [3.63, 3.8) is 0 Å². The van der Waals surface area contributed by atoms with E-state index in [-0.39, 0.29) is 5.41 Å². The summed E-state index contributed by atoms with van der Waals surface area (Å²) in [5.74, 6) is 0.867. The quantitative estimate of drug-likeness (QED) is 0.862. The van der Waals surface area contributed by atoms with Crippen molar-refractivity contribution in [2.45, 2.75) is 26.2 Å². The molecule has 1 saturated carbocycles. The highest BCUT2D eigenvalue weighted by Crippen LogP contribution is 2.41. The van der Waals surface area contributed by atoms with Crippen LogP contribution in [0.2, 0.25) is 5.02 Å². The van der Waals surface area contributed by atoms with Gasteiger partial charge in [-0.05, 0) is 49.4 Å². The lowest BCUT2D eigenvalue weighted by molar-refractivity contribution is 0.163. The highest BCUT2D eigenvalue weighted by molar-refractivity contribution is 6.31. The molecule has 2 rings (SSSR count). The Hall–Kier alpha value is -0.930. The minimum Gasteiger partial charge on any atom is -0.494 e. The number of ether oxygens (including phenoxy) is 1. The zero-order chi connectivity index (χ0) is 13.2. The monoisotopic (exact) mass is 268 g/mol. The SMILES string of the molecule is COc1c(C)cc(Cl)cc1NCC1(CN)CCC1. The maximum atomic E-state index is 6.09. The third-order valence-corrected chi connectivity index (χ3v) is 4.16. The first-order valence-corrected chi connectivity index (χ1v) is 6.76. The van der Waals surface area contributed by atoms with Crippen LogP contribution in [0.5, 0.6) is 5.75 Å². The molecule has 1 aromatic rings. The van der Waals surface area contributed by atoms with Gasteiger partial charge in [0.2, 0.25) is 0 Å². The van der Waals surface area contributed by atoms with Crippen LogP contribution in [0.1, 0.15) is 24.8 Å². The summed E-state index contributed by atoms with van der Waals surface area (Å²) < 4.78 is 5.43. The summed E-state index contributed by atoms with van der Waals surface area (Å²) >= 11 is 6.09. The summed E-state index contributed by atoms with van der Waals surface area (Å²) in [6.07, 6.45) is 3.70. The van der Waals surface area contributed by atoms with E-state index in [1.54, 1.807) is 7.11 Å². The number of hydrogen-bond donors (Lipinski definition) is 2. The number of anilines is 1. The van der Waals surface area contributed by atoms with Crippen LogP contribution in [0.15, 0.2) is 12.1 Å². The Bertz CT molecular complexity index is 425. The lowest BCUT2D eigenvalue weighted by Crippen LogP contribution is -2.43. The average molecular weight is 269 g/mol. The largest absolute Gasteiger partial charge is 0.494 e. The number of benzene rings is 1. The molecule has 3 N–H and O–H groups in total. The number of hydrogen-bond acceptors (Lipinski definition) is 3. The second kappa shape index (κ2) is 5.37. The van der Waals surface area contributed by atoms with Gasteiger partial charge in [-0.1, -0.05) is 18.0 Å². The molecule has 0 saturated heterocycles. The van der Waals surface area contributed by atoms with Crippen LogP contribution in [0.25, 0.3) is 0 Å². The first kappa shape index (κ1) is 13.5. The summed E-state index contributed by atoms with van der Waals surface area (Å²) in [6.45, 7) is 3.62. The molecule has 0 spiro atoms. The van der Waals surface area contributed by atoms with E-state index in [0.29, 0.717) is 0 Å². The molecule has 1 aromatic carbocycles. The van der Waals surface area contributed by atoms with Crippen molar-refractivity contribution in [1.29, 1.82) is 0 Å². The maximum Gasteiger partial charge on any atom is 0.144 e. The van der Waals surface area contributed by atoms with Gasteiger partial charge in [0.15, 0.2) is 0 Å². The average Bonchev–Trinajstić information content (AvgIpc) is 2.27. The molecule has 1 aliphatic rings. The van der Waals surface area contributed by atoms with Crippen LogP contribution in [0.3, 0.4) is 0 Å². The summed E-state index contributed by atoms with van der Waals surface area (Å²) in [5, 5.41) is 4.18. The molecule has 3 nitrogen and oxygen atoms in total. The normalized spacial score (nSPS) is 17.1. The molecule has 0 radical (unpaired) electrons. The summed E-state index contributed by atoms with van der Waals surface area (Å²) in [4.78, 5) is 0. The highest BCUT2D eigenvalue weighted by Gasteiger charge is 2.35. The number of nitrogens with two attached hydrogens (primary N) is 1. The fourth-order valence-electron chi connectivity index (χ4n) is 2.54. The second-order valence-corrected chi connectivity index (χ2v) is 5.65. The number of halogens is 1. The van der Waals surface area contributed by atoms with Gasteiger partial charge in [-0.3, -0.25) is 0 Å². The molecule has 0 aromatic heterocycles. The Morgan fingerprint density at radius 3 is 2.67 bits per heavy atom. The van der Waals surface area contributed by atoms with E-state index in [1.165, 1.54) is 19.3 Å². The molecular weight excluding hydrogens is 248 g/mol. The van der Waals surface area contributed by atoms with E-state index < -0.39 is 0 Å². The van der Waals surface area contributed by atoms with Crippen molar-refractivity contribution in [2.24, 2.45) is 11.1 Å². The lowest BCUT2D eigenvalue weighted by Gasteiger charge is -2.41. The number of nitrogens with one attached hydrogen (secondary N) is 1. The van der Waals surface area contributed by atoms with E-state index in [4.69, 9.17) is 22.1 Å². The minimum atomic E-state index is 0.265. The topological polar surface area (TPSA) is 47.3 Å². The number of rotatable bonds is 5. The van der Waals surface area contributed by atoms with Crippen molar-refractivity contribution >= 4 is 17.3 Å². The molecule has 0 atom stereocenters. The van der Waals surface area contributed by atoms with Gasteiger partial charge in [0, 0.05) is 11.6 Å². The summed E-state index contributed by atoms with van der Waals surface area (Å²) in [7, 11) is 1.68. The van der Waals surface area contributed by atoms with Crippen molar-refractivity contribution in [1.82, 2.24) is 0 Å². The predicted molar refractivity (Wildman–Crippen MR) is 76.6 cm³/mol. The van der Waals surface area contributed by atoms with Crippen molar-refractivity contribution in [3.8, 4) is 5.75 Å². The number of methoxy groups -OCH3 is 1. The van der Waals surface area contributed by atoms with E-state index in [0.717, 1.165) is 35.1 Å². The Morgan fingerprint density at radius 1 is 1.44 bits per heavy atom. The van der Waals surface area contributed by atoms with Crippen LogP contribution in [-0.4, -0.2) is 20.2 Å². The highest BCUT2D eigenvalue weighted by atomic mass is 35.5. The molecule has 1 aliphatic carbocycles.